The molecule has 136 valence electrons. The highest BCUT2D eigenvalue weighted by Gasteiger charge is 2.16. The number of hydrogen-bond donors (Lipinski definition) is 0. The highest BCUT2D eigenvalue weighted by Crippen LogP contribution is 2.24. The molecule has 0 radical (unpaired) electrons. The van der Waals surface area contributed by atoms with Crippen molar-refractivity contribution in [2.75, 3.05) is 13.2 Å². The Balaban J connectivity index is 2.46. The highest BCUT2D eigenvalue weighted by molar-refractivity contribution is 5.97. The Morgan fingerprint density at radius 2 is 1.42 bits per heavy atom. The van der Waals surface area contributed by atoms with E-state index in [0.29, 0.717) is 37.2 Å². The van der Waals surface area contributed by atoms with E-state index in [9.17, 15) is 14.4 Å². The van der Waals surface area contributed by atoms with Crippen molar-refractivity contribution in [2.45, 2.75) is 26.7 Å². The van der Waals surface area contributed by atoms with Crippen LogP contribution in [0.1, 0.15) is 57.8 Å². The van der Waals surface area contributed by atoms with Crippen LogP contribution in [-0.2, 0) is 9.47 Å². The van der Waals surface area contributed by atoms with Gasteiger partial charge < -0.3 is 9.47 Å². The average molecular weight is 354 g/mol. The molecule has 0 spiro atoms. The van der Waals surface area contributed by atoms with Gasteiger partial charge in [-0.2, -0.15) is 0 Å². The van der Waals surface area contributed by atoms with E-state index >= 15 is 0 Å². The summed E-state index contributed by atoms with van der Waals surface area (Å²) < 4.78 is 10.4. The van der Waals surface area contributed by atoms with E-state index in [1.807, 2.05) is 19.9 Å². The normalized spacial score (nSPS) is 10.2. The number of hydrogen-bond acceptors (Lipinski definition) is 5. The van der Waals surface area contributed by atoms with Crippen LogP contribution < -0.4 is 0 Å². The zero-order chi connectivity index (χ0) is 18.9. The predicted octanol–water partition coefficient (Wildman–Crippen LogP) is 4.30. The molecule has 2 rings (SSSR count). The summed E-state index contributed by atoms with van der Waals surface area (Å²) in [7, 11) is 0. The number of benzene rings is 2. The van der Waals surface area contributed by atoms with Gasteiger partial charge in [-0.3, -0.25) is 4.79 Å². The third-order valence-corrected chi connectivity index (χ3v) is 3.64. The Bertz CT molecular complexity index is 756. The summed E-state index contributed by atoms with van der Waals surface area (Å²) in [5.41, 5.74) is 2.43. The lowest BCUT2D eigenvalue weighted by atomic mass is 9.98. The van der Waals surface area contributed by atoms with Gasteiger partial charge in [0, 0.05) is 5.56 Å². The summed E-state index contributed by atoms with van der Waals surface area (Å²) in [6.07, 6.45) is 2.16. The quantitative estimate of drug-likeness (QED) is 0.522. The highest BCUT2D eigenvalue weighted by atomic mass is 16.5. The van der Waals surface area contributed by atoms with Crippen LogP contribution in [0.4, 0.5) is 0 Å². The van der Waals surface area contributed by atoms with Crippen molar-refractivity contribution < 1.29 is 23.9 Å². The van der Waals surface area contributed by atoms with Crippen LogP contribution in [0.25, 0.3) is 11.1 Å². The maximum absolute atomic E-state index is 12.3. The minimum atomic E-state index is -0.496. The summed E-state index contributed by atoms with van der Waals surface area (Å²) in [6.45, 7) is 4.42. The molecule has 0 unspecified atom stereocenters. The molecular weight excluding hydrogens is 332 g/mol. The van der Waals surface area contributed by atoms with Crippen molar-refractivity contribution in [1.29, 1.82) is 0 Å². The van der Waals surface area contributed by atoms with E-state index in [4.69, 9.17) is 9.47 Å². The molecule has 0 bridgehead atoms. The minimum absolute atomic E-state index is 0.274. The van der Waals surface area contributed by atoms with Crippen molar-refractivity contribution in [3.63, 3.8) is 0 Å². The number of aldehydes is 1. The number of carbonyl (C=O) groups is 3. The molecule has 0 aromatic heterocycles. The molecule has 0 aliphatic heterocycles. The molecule has 0 heterocycles. The van der Waals surface area contributed by atoms with Gasteiger partial charge in [0.05, 0.1) is 24.3 Å². The maximum atomic E-state index is 12.3. The van der Waals surface area contributed by atoms with Gasteiger partial charge >= 0.3 is 11.9 Å². The maximum Gasteiger partial charge on any atom is 0.338 e. The number of carbonyl (C=O) groups excluding carboxylic acids is 3. The lowest BCUT2D eigenvalue weighted by Crippen LogP contribution is -2.10. The second kappa shape index (κ2) is 9.51. The molecule has 0 atom stereocenters. The molecule has 0 amide bonds. The summed E-state index contributed by atoms with van der Waals surface area (Å²) in [5, 5.41) is 0. The van der Waals surface area contributed by atoms with Gasteiger partial charge in [-0.15, -0.1) is 0 Å². The molecule has 2 aromatic rings. The van der Waals surface area contributed by atoms with E-state index in [1.54, 1.807) is 30.3 Å². The first kappa shape index (κ1) is 19.4. The van der Waals surface area contributed by atoms with E-state index in [2.05, 4.69) is 0 Å². The van der Waals surface area contributed by atoms with Gasteiger partial charge in [-0.05, 0) is 48.2 Å². The predicted molar refractivity (Wildman–Crippen MR) is 98.4 cm³/mol. The second-order valence-corrected chi connectivity index (χ2v) is 5.81. The molecule has 5 nitrogen and oxygen atoms in total. The average Bonchev–Trinajstić information content (AvgIpc) is 2.69. The van der Waals surface area contributed by atoms with Gasteiger partial charge in [0.1, 0.15) is 6.29 Å². The minimum Gasteiger partial charge on any atom is -0.462 e. The van der Waals surface area contributed by atoms with Gasteiger partial charge in [-0.1, -0.05) is 32.0 Å². The summed E-state index contributed by atoms with van der Waals surface area (Å²) in [5.74, 6) is -0.991. The van der Waals surface area contributed by atoms with Gasteiger partial charge in [0.15, 0.2) is 0 Å². The lowest BCUT2D eigenvalue weighted by Gasteiger charge is -2.10. The monoisotopic (exact) mass is 354 g/mol. The second-order valence-electron chi connectivity index (χ2n) is 5.81. The first-order chi connectivity index (χ1) is 12.6. The smallest absolute Gasteiger partial charge is 0.338 e. The summed E-state index contributed by atoms with van der Waals surface area (Å²) in [4.78, 5) is 35.6. The molecule has 0 aliphatic rings. The van der Waals surface area contributed by atoms with Crippen molar-refractivity contribution in [1.82, 2.24) is 0 Å². The van der Waals surface area contributed by atoms with Crippen LogP contribution in [0, 0.1) is 0 Å². The Kier molecular flexibility index (Phi) is 7.09. The standard InChI is InChI=1S/C21H22O5/c1-3-8-25-20(23)18-11-17(16-7-5-6-15(10-16)14-22)12-19(13-18)21(24)26-9-4-2/h5-7,10-14H,3-4,8-9H2,1-2H3. The van der Waals surface area contributed by atoms with Crippen LogP contribution in [0.5, 0.6) is 0 Å². The topological polar surface area (TPSA) is 69.7 Å². The Morgan fingerprint density at radius 1 is 0.846 bits per heavy atom. The number of rotatable bonds is 8. The Hall–Kier alpha value is -2.95. The first-order valence-corrected chi connectivity index (χ1v) is 8.64. The fourth-order valence-corrected chi connectivity index (χ4v) is 2.38. The van der Waals surface area contributed by atoms with E-state index in [1.165, 1.54) is 6.07 Å². The molecule has 0 saturated heterocycles. The van der Waals surface area contributed by atoms with Crippen molar-refractivity contribution in [2.24, 2.45) is 0 Å². The van der Waals surface area contributed by atoms with Crippen LogP contribution in [0.3, 0.4) is 0 Å². The Labute approximate surface area is 152 Å². The van der Waals surface area contributed by atoms with Crippen LogP contribution in [0.15, 0.2) is 42.5 Å². The van der Waals surface area contributed by atoms with E-state index in [-0.39, 0.29) is 11.1 Å². The summed E-state index contributed by atoms with van der Waals surface area (Å²) >= 11 is 0. The molecule has 5 heteroatoms. The largest absolute Gasteiger partial charge is 0.462 e. The van der Waals surface area contributed by atoms with Gasteiger partial charge in [-0.25, -0.2) is 9.59 Å². The molecule has 0 fully saturated rings. The van der Waals surface area contributed by atoms with Crippen molar-refractivity contribution >= 4 is 18.2 Å². The lowest BCUT2D eigenvalue weighted by molar-refractivity contribution is 0.0503. The molecule has 0 N–H and O–H groups in total. The first-order valence-electron chi connectivity index (χ1n) is 8.64. The number of ether oxygens (including phenoxy) is 2. The molecule has 0 aliphatic carbocycles. The van der Waals surface area contributed by atoms with Crippen LogP contribution in [0.2, 0.25) is 0 Å². The van der Waals surface area contributed by atoms with Gasteiger partial charge in [0.25, 0.3) is 0 Å². The molecule has 2 aromatic carbocycles. The van der Waals surface area contributed by atoms with Crippen LogP contribution >= 0.6 is 0 Å². The van der Waals surface area contributed by atoms with Crippen LogP contribution in [-0.4, -0.2) is 31.4 Å². The fraction of sp³-hybridized carbons (Fsp3) is 0.286. The number of esters is 2. The van der Waals surface area contributed by atoms with Crippen molar-refractivity contribution in [3.8, 4) is 11.1 Å². The third-order valence-electron chi connectivity index (χ3n) is 3.64. The molecule has 26 heavy (non-hydrogen) atoms. The fourth-order valence-electron chi connectivity index (χ4n) is 2.38. The zero-order valence-electron chi connectivity index (χ0n) is 15.0. The SMILES string of the molecule is CCCOC(=O)c1cc(C(=O)OCCC)cc(-c2cccc(C=O)c2)c1. The Morgan fingerprint density at radius 3 is 1.92 bits per heavy atom. The molecule has 0 saturated carbocycles. The van der Waals surface area contributed by atoms with E-state index in [0.717, 1.165) is 11.8 Å². The molecular formula is C21H22O5. The third kappa shape index (κ3) is 5.02. The van der Waals surface area contributed by atoms with Crippen molar-refractivity contribution in [3.05, 3.63) is 59.2 Å². The zero-order valence-corrected chi connectivity index (χ0v) is 15.0. The van der Waals surface area contributed by atoms with E-state index < -0.39 is 11.9 Å². The van der Waals surface area contributed by atoms with Gasteiger partial charge in [0.2, 0.25) is 0 Å². The summed E-state index contributed by atoms with van der Waals surface area (Å²) in [6, 6.07) is 11.7.